The predicted octanol–water partition coefficient (Wildman–Crippen LogP) is 6.53. The Labute approximate surface area is 189 Å². The molecule has 2 N–H and O–H groups in total. The lowest BCUT2D eigenvalue weighted by atomic mass is 9.98. The van der Waals surface area contributed by atoms with Crippen LogP contribution in [0.1, 0.15) is 33.0 Å². The van der Waals surface area contributed by atoms with Crippen LogP contribution in [0.15, 0.2) is 65.1 Å². The second-order valence-corrected chi connectivity index (χ2v) is 8.05. The number of ether oxygens (including phenoxy) is 1. The average Bonchev–Trinajstić information content (AvgIpc) is 3.06. The molecule has 0 atom stereocenters. The van der Waals surface area contributed by atoms with Crippen molar-refractivity contribution in [2.24, 2.45) is 0 Å². The number of fused-ring (bicyclic) bond motifs is 3. The first-order valence-electron chi connectivity index (χ1n) is 9.43. The van der Waals surface area contributed by atoms with Gasteiger partial charge in [0.25, 0.3) is 0 Å². The number of halogens is 4. The van der Waals surface area contributed by atoms with Crippen molar-refractivity contribution >= 4 is 33.7 Å². The number of hydrogen-bond acceptors (Lipinski definition) is 3. The number of alkyl halides is 3. The van der Waals surface area contributed by atoms with Crippen LogP contribution in [0, 0.1) is 0 Å². The third-order valence-electron chi connectivity index (χ3n) is 5.21. The number of anilines is 1. The topological polar surface area (TPSA) is 75.6 Å². The highest BCUT2D eigenvalue weighted by atomic mass is 79.9. The molecule has 5 nitrogen and oxygen atoms in total. The first-order chi connectivity index (χ1) is 15.2. The van der Waals surface area contributed by atoms with Crippen LogP contribution in [0.5, 0.6) is 0 Å². The minimum atomic E-state index is -4.89. The van der Waals surface area contributed by atoms with E-state index in [2.05, 4.69) is 15.9 Å². The summed E-state index contributed by atoms with van der Waals surface area (Å²) in [4.78, 5) is 23.9. The monoisotopic (exact) mass is 505 g/mol. The molecule has 0 spiro atoms. The van der Waals surface area contributed by atoms with Crippen molar-refractivity contribution in [1.29, 1.82) is 0 Å². The van der Waals surface area contributed by atoms with E-state index in [0.717, 1.165) is 28.3 Å². The summed E-state index contributed by atoms with van der Waals surface area (Å²) in [6.07, 6.45) is -6.07. The summed E-state index contributed by atoms with van der Waals surface area (Å²) in [6, 6.07) is 16.9. The van der Waals surface area contributed by atoms with Gasteiger partial charge in [-0.3, -0.25) is 5.32 Å². The summed E-state index contributed by atoms with van der Waals surface area (Å²) in [7, 11) is 0. The molecule has 9 heteroatoms. The largest absolute Gasteiger partial charge is 0.478 e. The molecular formula is C23H15BrF3NO4. The zero-order valence-electron chi connectivity index (χ0n) is 16.2. The SMILES string of the molecule is O=C(Nc1c(C(=O)O)cc(Br)cc1C(F)(F)F)OCC1c2ccccc2-c2ccccc21. The van der Waals surface area contributed by atoms with Crippen molar-refractivity contribution in [3.8, 4) is 11.1 Å². The Morgan fingerprint density at radius 3 is 2.09 bits per heavy atom. The lowest BCUT2D eigenvalue weighted by Gasteiger charge is -2.18. The van der Waals surface area contributed by atoms with Gasteiger partial charge in [-0.25, -0.2) is 9.59 Å². The van der Waals surface area contributed by atoms with E-state index in [9.17, 15) is 27.9 Å². The lowest BCUT2D eigenvalue weighted by molar-refractivity contribution is -0.137. The van der Waals surface area contributed by atoms with Crippen LogP contribution in [0.3, 0.4) is 0 Å². The van der Waals surface area contributed by atoms with Crippen LogP contribution in [-0.2, 0) is 10.9 Å². The van der Waals surface area contributed by atoms with Gasteiger partial charge in [0, 0.05) is 10.4 Å². The van der Waals surface area contributed by atoms with E-state index in [1.165, 1.54) is 0 Å². The van der Waals surface area contributed by atoms with Crippen molar-refractivity contribution in [1.82, 2.24) is 0 Å². The van der Waals surface area contributed by atoms with Crippen LogP contribution < -0.4 is 5.32 Å². The molecule has 0 aromatic heterocycles. The van der Waals surface area contributed by atoms with Crippen LogP contribution in [0.25, 0.3) is 11.1 Å². The minimum Gasteiger partial charge on any atom is -0.478 e. The quantitative estimate of drug-likeness (QED) is 0.422. The summed E-state index contributed by atoms with van der Waals surface area (Å²) >= 11 is 2.87. The molecule has 1 aliphatic carbocycles. The van der Waals surface area contributed by atoms with Crippen LogP contribution in [0.4, 0.5) is 23.7 Å². The van der Waals surface area contributed by atoms with Crippen molar-refractivity contribution in [2.45, 2.75) is 12.1 Å². The van der Waals surface area contributed by atoms with E-state index in [-0.39, 0.29) is 17.0 Å². The van der Waals surface area contributed by atoms with Crippen LogP contribution >= 0.6 is 15.9 Å². The molecule has 0 unspecified atom stereocenters. The molecule has 0 aliphatic heterocycles. The number of amides is 1. The summed E-state index contributed by atoms with van der Waals surface area (Å²) < 4.78 is 45.6. The van der Waals surface area contributed by atoms with Gasteiger partial charge in [-0.2, -0.15) is 13.2 Å². The number of aromatic carboxylic acids is 1. The standard InChI is InChI=1S/C23H15BrF3NO4/c24-12-9-17(21(29)30)20(19(10-12)23(25,26)27)28-22(31)32-11-18-15-7-3-1-5-13(15)14-6-2-4-8-16(14)18/h1-10,18H,11H2,(H,28,31)(H,29,30). The molecule has 3 aromatic rings. The van der Waals surface area contributed by atoms with Crippen LogP contribution in [0.2, 0.25) is 0 Å². The Kier molecular flexibility index (Phi) is 5.68. The molecule has 164 valence electrons. The molecule has 0 saturated heterocycles. The van der Waals surface area contributed by atoms with Crippen molar-refractivity contribution in [3.05, 3.63) is 87.4 Å². The van der Waals surface area contributed by atoms with Crippen LogP contribution in [-0.4, -0.2) is 23.8 Å². The average molecular weight is 506 g/mol. The molecular weight excluding hydrogens is 491 g/mol. The van der Waals surface area contributed by atoms with Gasteiger partial charge in [-0.1, -0.05) is 64.5 Å². The first-order valence-corrected chi connectivity index (χ1v) is 10.2. The fraction of sp³-hybridized carbons (Fsp3) is 0.130. The molecule has 1 amide bonds. The second kappa shape index (κ2) is 8.31. The van der Waals surface area contributed by atoms with Gasteiger partial charge in [0.1, 0.15) is 6.61 Å². The van der Waals surface area contributed by atoms with Gasteiger partial charge < -0.3 is 9.84 Å². The zero-order valence-corrected chi connectivity index (χ0v) is 17.8. The maximum atomic E-state index is 13.5. The third kappa shape index (κ3) is 4.08. The fourth-order valence-corrected chi connectivity index (χ4v) is 4.33. The summed E-state index contributed by atoms with van der Waals surface area (Å²) in [6.45, 7) is -0.125. The second-order valence-electron chi connectivity index (χ2n) is 7.13. The minimum absolute atomic E-state index is 0.0830. The molecule has 0 heterocycles. The normalized spacial score (nSPS) is 12.8. The molecule has 0 saturated carbocycles. The highest BCUT2D eigenvalue weighted by molar-refractivity contribution is 9.10. The lowest BCUT2D eigenvalue weighted by Crippen LogP contribution is -2.22. The Bertz CT molecular complexity index is 1180. The van der Waals surface area contributed by atoms with E-state index in [4.69, 9.17) is 4.74 Å². The highest BCUT2D eigenvalue weighted by Gasteiger charge is 2.37. The van der Waals surface area contributed by atoms with Gasteiger partial charge in [-0.05, 0) is 34.4 Å². The number of carbonyl (C=O) groups excluding carboxylic acids is 1. The number of carboxylic acid groups (broad SMARTS) is 1. The number of nitrogens with one attached hydrogen (secondary N) is 1. The molecule has 0 bridgehead atoms. The molecule has 0 radical (unpaired) electrons. The molecule has 3 aromatic carbocycles. The smallest absolute Gasteiger partial charge is 0.418 e. The van der Waals surface area contributed by atoms with Gasteiger partial charge in [0.15, 0.2) is 0 Å². The Morgan fingerprint density at radius 2 is 1.56 bits per heavy atom. The first kappa shape index (κ1) is 21.9. The van der Waals surface area contributed by atoms with Crippen molar-refractivity contribution in [3.63, 3.8) is 0 Å². The Balaban J connectivity index is 1.59. The van der Waals surface area contributed by atoms with Gasteiger partial charge in [0.2, 0.25) is 0 Å². The fourth-order valence-electron chi connectivity index (χ4n) is 3.87. The summed E-state index contributed by atoms with van der Waals surface area (Å²) in [5, 5.41) is 11.3. The number of carboxylic acids is 1. The van der Waals surface area contributed by atoms with E-state index in [1.807, 2.05) is 53.8 Å². The van der Waals surface area contributed by atoms with E-state index < -0.39 is 35.1 Å². The Hall–Kier alpha value is -3.33. The highest BCUT2D eigenvalue weighted by Crippen LogP contribution is 2.44. The van der Waals surface area contributed by atoms with Gasteiger partial charge in [-0.15, -0.1) is 0 Å². The summed E-state index contributed by atoms with van der Waals surface area (Å²) in [5.41, 5.74) is 0.998. The van der Waals surface area contributed by atoms with Crippen molar-refractivity contribution < 1.29 is 32.6 Å². The van der Waals surface area contributed by atoms with Gasteiger partial charge in [0.05, 0.1) is 16.8 Å². The number of hydrogen-bond donors (Lipinski definition) is 2. The maximum absolute atomic E-state index is 13.5. The predicted molar refractivity (Wildman–Crippen MR) is 115 cm³/mol. The zero-order chi connectivity index (χ0) is 23.0. The molecule has 1 aliphatic rings. The van der Waals surface area contributed by atoms with Gasteiger partial charge >= 0.3 is 18.2 Å². The molecule has 0 fully saturated rings. The summed E-state index contributed by atoms with van der Waals surface area (Å²) in [5.74, 6) is -1.91. The number of carbonyl (C=O) groups is 2. The Morgan fingerprint density at radius 1 is 1.00 bits per heavy atom. The molecule has 32 heavy (non-hydrogen) atoms. The molecule has 4 rings (SSSR count). The van der Waals surface area contributed by atoms with E-state index >= 15 is 0 Å². The number of rotatable bonds is 4. The van der Waals surface area contributed by atoms with E-state index in [0.29, 0.717) is 6.07 Å². The third-order valence-corrected chi connectivity index (χ3v) is 5.67. The maximum Gasteiger partial charge on any atom is 0.418 e. The number of benzene rings is 3. The van der Waals surface area contributed by atoms with E-state index in [1.54, 1.807) is 0 Å². The van der Waals surface area contributed by atoms with Crippen molar-refractivity contribution in [2.75, 3.05) is 11.9 Å².